The molecule has 1 aliphatic heterocycles. The monoisotopic (exact) mass is 164 g/mol. The number of ether oxygens (including phenoxy) is 1. The van der Waals surface area contributed by atoms with Gasteiger partial charge >= 0.3 is 0 Å². The summed E-state index contributed by atoms with van der Waals surface area (Å²) in [7, 11) is 0. The summed E-state index contributed by atoms with van der Waals surface area (Å²) in [4.78, 5) is 0. The van der Waals surface area contributed by atoms with Crippen molar-refractivity contribution in [1.29, 1.82) is 0 Å². The third kappa shape index (κ3) is 0.477. The van der Waals surface area contributed by atoms with E-state index in [4.69, 9.17) is 4.74 Å². The van der Waals surface area contributed by atoms with E-state index >= 15 is 0 Å². The normalized spacial score (nSPS) is 71.2. The van der Waals surface area contributed by atoms with E-state index in [0.29, 0.717) is 6.10 Å². The smallest absolute Gasteiger partial charge is 0.0609 e. The molecule has 0 aromatic carbocycles. The first-order valence-electron chi connectivity index (χ1n) is 5.48. The zero-order chi connectivity index (χ0) is 7.87. The first-order chi connectivity index (χ1) is 5.86. The Balaban J connectivity index is 1.80. The Morgan fingerprint density at radius 3 is 2.92 bits per heavy atom. The van der Waals surface area contributed by atoms with Crippen molar-refractivity contribution in [1.82, 2.24) is 0 Å². The van der Waals surface area contributed by atoms with Gasteiger partial charge in [0.25, 0.3) is 0 Å². The third-order valence-corrected chi connectivity index (χ3v) is 5.35. The Morgan fingerprint density at radius 2 is 2.00 bits per heavy atom. The van der Waals surface area contributed by atoms with Crippen LogP contribution >= 0.6 is 0 Å². The highest BCUT2D eigenvalue weighted by Crippen LogP contribution is 2.68. The minimum absolute atomic E-state index is 0.694. The van der Waals surface area contributed by atoms with Crippen LogP contribution in [0.2, 0.25) is 0 Å². The molecule has 0 N–H and O–H groups in total. The molecule has 0 radical (unpaired) electrons. The van der Waals surface area contributed by atoms with Crippen LogP contribution in [0.3, 0.4) is 0 Å². The molecule has 4 rings (SSSR count). The Morgan fingerprint density at radius 1 is 1.08 bits per heavy atom. The molecule has 1 saturated heterocycles. The van der Waals surface area contributed by atoms with Gasteiger partial charge in [0.1, 0.15) is 0 Å². The van der Waals surface area contributed by atoms with Crippen molar-refractivity contribution >= 4 is 0 Å². The van der Waals surface area contributed by atoms with Gasteiger partial charge in [-0.15, -0.1) is 0 Å². The molecule has 12 heavy (non-hydrogen) atoms. The van der Waals surface area contributed by atoms with Crippen molar-refractivity contribution in [3.63, 3.8) is 0 Å². The van der Waals surface area contributed by atoms with E-state index in [0.717, 1.165) is 42.1 Å². The SMILES string of the molecule is CC1C2COC3CC4CC3C2C41. The molecule has 4 aliphatic rings. The molecule has 3 saturated carbocycles. The molecule has 0 aromatic rings. The van der Waals surface area contributed by atoms with E-state index in [1.165, 1.54) is 12.8 Å². The predicted octanol–water partition coefficient (Wildman–Crippen LogP) is 1.92. The topological polar surface area (TPSA) is 9.23 Å². The van der Waals surface area contributed by atoms with Crippen molar-refractivity contribution in [3.05, 3.63) is 0 Å². The fraction of sp³-hybridized carbons (Fsp3) is 1.00. The van der Waals surface area contributed by atoms with Gasteiger partial charge in [-0.1, -0.05) is 6.92 Å². The first-order valence-corrected chi connectivity index (χ1v) is 5.48. The summed E-state index contributed by atoms with van der Waals surface area (Å²) in [5.41, 5.74) is 0. The zero-order valence-corrected chi connectivity index (χ0v) is 7.57. The van der Waals surface area contributed by atoms with Gasteiger partial charge in [0.2, 0.25) is 0 Å². The molecule has 0 amide bonds. The van der Waals surface area contributed by atoms with Crippen LogP contribution in [0.15, 0.2) is 0 Å². The summed E-state index contributed by atoms with van der Waals surface area (Å²) >= 11 is 0. The van der Waals surface area contributed by atoms with Gasteiger partial charge in [-0.3, -0.25) is 0 Å². The summed E-state index contributed by atoms with van der Waals surface area (Å²) in [6.07, 6.45) is 3.61. The van der Waals surface area contributed by atoms with Crippen LogP contribution in [-0.2, 0) is 4.74 Å². The minimum atomic E-state index is 0.694. The molecule has 66 valence electrons. The van der Waals surface area contributed by atoms with Crippen LogP contribution in [-0.4, -0.2) is 12.7 Å². The second-order valence-electron chi connectivity index (χ2n) is 5.44. The third-order valence-electron chi connectivity index (χ3n) is 5.35. The lowest BCUT2D eigenvalue weighted by Crippen LogP contribution is -2.57. The lowest BCUT2D eigenvalue weighted by atomic mass is 9.51. The molecule has 1 nitrogen and oxygen atoms in total. The van der Waals surface area contributed by atoms with Gasteiger partial charge in [-0.2, -0.15) is 0 Å². The van der Waals surface area contributed by atoms with E-state index in [1.54, 1.807) is 0 Å². The molecule has 4 fully saturated rings. The molecular formula is C11H16O. The highest BCUT2D eigenvalue weighted by atomic mass is 16.5. The van der Waals surface area contributed by atoms with E-state index < -0.39 is 0 Å². The van der Waals surface area contributed by atoms with E-state index in [-0.39, 0.29) is 0 Å². The molecule has 1 heterocycles. The van der Waals surface area contributed by atoms with Crippen LogP contribution in [0.25, 0.3) is 0 Å². The lowest BCUT2D eigenvalue weighted by Gasteiger charge is -2.58. The van der Waals surface area contributed by atoms with Gasteiger partial charge in [-0.05, 0) is 48.3 Å². The molecule has 7 unspecified atom stereocenters. The summed E-state index contributed by atoms with van der Waals surface area (Å²) in [5.74, 6) is 6.25. The van der Waals surface area contributed by atoms with E-state index in [2.05, 4.69) is 6.92 Å². The number of rotatable bonds is 0. The summed E-state index contributed by atoms with van der Waals surface area (Å²) in [5, 5.41) is 0. The second kappa shape index (κ2) is 1.75. The number of fused-ring (bicyclic) bond motifs is 2. The predicted molar refractivity (Wildman–Crippen MR) is 45.6 cm³/mol. The highest BCUT2D eigenvalue weighted by molar-refractivity contribution is 5.14. The molecule has 2 bridgehead atoms. The Labute approximate surface area is 73.5 Å². The molecule has 3 aliphatic carbocycles. The maximum atomic E-state index is 5.92. The maximum Gasteiger partial charge on any atom is 0.0609 e. The number of hydrogen-bond donors (Lipinski definition) is 0. The quantitative estimate of drug-likeness (QED) is 0.531. The fourth-order valence-corrected chi connectivity index (χ4v) is 4.95. The van der Waals surface area contributed by atoms with Crippen LogP contribution in [0, 0.1) is 35.5 Å². The Kier molecular flexibility index (Phi) is 0.934. The standard InChI is InChI=1S/C11H16O/c1-5-8-4-12-9-3-6-2-7(9)11(8)10(5)6/h5-11H,2-4H2,1H3. The average molecular weight is 164 g/mol. The first kappa shape index (κ1) is 6.42. The van der Waals surface area contributed by atoms with Crippen LogP contribution in [0.5, 0.6) is 0 Å². The maximum absolute atomic E-state index is 5.92. The summed E-state index contributed by atoms with van der Waals surface area (Å²) < 4.78 is 5.92. The highest BCUT2D eigenvalue weighted by Gasteiger charge is 2.66. The van der Waals surface area contributed by atoms with Crippen molar-refractivity contribution in [2.45, 2.75) is 25.9 Å². The average Bonchev–Trinajstić information content (AvgIpc) is 2.55. The molecule has 7 atom stereocenters. The van der Waals surface area contributed by atoms with Gasteiger partial charge in [0.05, 0.1) is 12.7 Å². The van der Waals surface area contributed by atoms with Crippen molar-refractivity contribution < 1.29 is 4.74 Å². The van der Waals surface area contributed by atoms with Crippen molar-refractivity contribution in [2.75, 3.05) is 6.61 Å². The summed E-state index contributed by atoms with van der Waals surface area (Å²) in [6, 6.07) is 0. The van der Waals surface area contributed by atoms with E-state index in [9.17, 15) is 0 Å². The fourth-order valence-electron chi connectivity index (χ4n) is 4.95. The van der Waals surface area contributed by atoms with Crippen molar-refractivity contribution in [2.24, 2.45) is 35.5 Å². The van der Waals surface area contributed by atoms with Gasteiger partial charge in [-0.25, -0.2) is 0 Å². The molecule has 0 aromatic heterocycles. The van der Waals surface area contributed by atoms with Crippen LogP contribution in [0.1, 0.15) is 19.8 Å². The number of hydrogen-bond acceptors (Lipinski definition) is 1. The van der Waals surface area contributed by atoms with Gasteiger partial charge < -0.3 is 4.74 Å². The Hall–Kier alpha value is -0.0400. The van der Waals surface area contributed by atoms with Crippen molar-refractivity contribution in [3.8, 4) is 0 Å². The largest absolute Gasteiger partial charge is 0.378 e. The molecular weight excluding hydrogens is 148 g/mol. The van der Waals surface area contributed by atoms with Gasteiger partial charge in [0.15, 0.2) is 0 Å². The van der Waals surface area contributed by atoms with E-state index in [1.807, 2.05) is 0 Å². The minimum Gasteiger partial charge on any atom is -0.378 e. The summed E-state index contributed by atoms with van der Waals surface area (Å²) in [6.45, 7) is 3.55. The zero-order valence-electron chi connectivity index (χ0n) is 7.57. The van der Waals surface area contributed by atoms with Crippen LogP contribution < -0.4 is 0 Å². The molecule has 0 spiro atoms. The molecule has 1 heteroatoms. The van der Waals surface area contributed by atoms with Crippen LogP contribution in [0.4, 0.5) is 0 Å². The Bertz CT molecular complexity index is 233. The van der Waals surface area contributed by atoms with Gasteiger partial charge in [0, 0.05) is 0 Å². The lowest BCUT2D eigenvalue weighted by molar-refractivity contribution is -0.191. The second-order valence-corrected chi connectivity index (χ2v) is 5.44.